The van der Waals surface area contributed by atoms with Crippen LogP contribution in [0.1, 0.15) is 21.5 Å². The van der Waals surface area contributed by atoms with Crippen molar-refractivity contribution in [3.63, 3.8) is 0 Å². The Morgan fingerprint density at radius 1 is 1.06 bits per heavy atom. The lowest BCUT2D eigenvalue weighted by molar-refractivity contribution is 0.112. The van der Waals surface area contributed by atoms with Crippen molar-refractivity contribution in [3.8, 4) is 11.4 Å². The molecule has 0 fully saturated rings. The zero-order chi connectivity index (χ0) is 11.5. The number of carbonyl (C=O) groups is 1. The van der Waals surface area contributed by atoms with Crippen molar-refractivity contribution >= 4 is 6.29 Å². The van der Waals surface area contributed by atoms with Gasteiger partial charge in [-0.3, -0.25) is 4.79 Å². The Labute approximate surface area is 94.2 Å². The van der Waals surface area contributed by atoms with Crippen molar-refractivity contribution in [3.05, 3.63) is 47.3 Å². The van der Waals surface area contributed by atoms with Gasteiger partial charge in [0.25, 0.3) is 0 Å². The van der Waals surface area contributed by atoms with Gasteiger partial charge in [0, 0.05) is 23.5 Å². The number of nitrogens with zero attached hydrogens (tertiary/aromatic N) is 2. The molecule has 2 rings (SSSR count). The predicted octanol–water partition coefficient (Wildman–Crippen LogP) is 2.57. The molecule has 0 radical (unpaired) electrons. The number of aryl methyl sites for hydroxylation is 2. The smallest absolute Gasteiger partial charge is 0.159 e. The van der Waals surface area contributed by atoms with E-state index in [9.17, 15) is 4.79 Å². The van der Waals surface area contributed by atoms with Gasteiger partial charge >= 0.3 is 0 Å². The van der Waals surface area contributed by atoms with Crippen molar-refractivity contribution in [1.29, 1.82) is 0 Å². The standard InChI is InChI=1S/C13H12N2O/c1-9-7-12(10(2)6-11(9)8-16)13-14-4-3-5-15-13/h3-8H,1-2H3. The summed E-state index contributed by atoms with van der Waals surface area (Å²) in [6.07, 6.45) is 4.30. The van der Waals surface area contributed by atoms with Crippen LogP contribution < -0.4 is 0 Å². The highest BCUT2D eigenvalue weighted by molar-refractivity contribution is 5.80. The largest absolute Gasteiger partial charge is 0.298 e. The Morgan fingerprint density at radius 2 is 1.75 bits per heavy atom. The molecule has 0 atom stereocenters. The van der Waals surface area contributed by atoms with Gasteiger partial charge in [-0.05, 0) is 43.2 Å². The summed E-state index contributed by atoms with van der Waals surface area (Å²) in [4.78, 5) is 19.2. The quantitative estimate of drug-likeness (QED) is 0.718. The van der Waals surface area contributed by atoms with Gasteiger partial charge in [0.2, 0.25) is 0 Å². The fraction of sp³-hybridized carbons (Fsp3) is 0.154. The van der Waals surface area contributed by atoms with Crippen LogP contribution in [0.15, 0.2) is 30.6 Å². The average Bonchev–Trinajstić information content (AvgIpc) is 2.32. The first-order valence-electron chi connectivity index (χ1n) is 5.06. The zero-order valence-corrected chi connectivity index (χ0v) is 9.27. The topological polar surface area (TPSA) is 42.9 Å². The van der Waals surface area contributed by atoms with E-state index in [1.165, 1.54) is 0 Å². The Bertz CT molecular complexity index is 521. The van der Waals surface area contributed by atoms with Crippen LogP contribution in [0.4, 0.5) is 0 Å². The fourth-order valence-electron chi connectivity index (χ4n) is 1.64. The Hall–Kier alpha value is -2.03. The SMILES string of the molecule is Cc1cc(-c2ncccn2)c(C)cc1C=O. The lowest BCUT2D eigenvalue weighted by Gasteiger charge is -2.07. The molecule has 0 spiro atoms. The molecule has 0 amide bonds. The summed E-state index contributed by atoms with van der Waals surface area (Å²) in [5.41, 5.74) is 3.66. The lowest BCUT2D eigenvalue weighted by atomic mass is 10.0. The van der Waals surface area contributed by atoms with E-state index in [0.717, 1.165) is 28.5 Å². The molecule has 0 saturated heterocycles. The monoisotopic (exact) mass is 212 g/mol. The van der Waals surface area contributed by atoms with E-state index in [2.05, 4.69) is 9.97 Å². The van der Waals surface area contributed by atoms with Gasteiger partial charge in [-0.1, -0.05) is 0 Å². The van der Waals surface area contributed by atoms with E-state index >= 15 is 0 Å². The van der Waals surface area contributed by atoms with E-state index in [1.54, 1.807) is 18.5 Å². The summed E-state index contributed by atoms with van der Waals surface area (Å²) < 4.78 is 0. The maximum absolute atomic E-state index is 10.8. The van der Waals surface area contributed by atoms with Crippen LogP contribution in [0.25, 0.3) is 11.4 Å². The molecule has 0 unspecified atom stereocenters. The Balaban J connectivity index is 2.59. The number of hydrogen-bond donors (Lipinski definition) is 0. The number of carbonyl (C=O) groups excluding carboxylic acids is 1. The van der Waals surface area contributed by atoms with Crippen LogP contribution in [-0.2, 0) is 0 Å². The second-order valence-corrected chi connectivity index (χ2v) is 3.71. The minimum absolute atomic E-state index is 0.695. The Kier molecular flexibility index (Phi) is 2.77. The van der Waals surface area contributed by atoms with Crippen LogP contribution in [-0.4, -0.2) is 16.3 Å². The van der Waals surface area contributed by atoms with Crippen molar-refractivity contribution in [1.82, 2.24) is 9.97 Å². The first-order chi connectivity index (χ1) is 7.72. The van der Waals surface area contributed by atoms with E-state index in [0.29, 0.717) is 5.82 Å². The van der Waals surface area contributed by atoms with E-state index < -0.39 is 0 Å². The normalized spacial score (nSPS) is 10.1. The molecule has 0 N–H and O–H groups in total. The minimum atomic E-state index is 0.695. The molecular formula is C13H12N2O. The molecule has 1 aromatic carbocycles. The fourth-order valence-corrected chi connectivity index (χ4v) is 1.64. The molecule has 16 heavy (non-hydrogen) atoms. The summed E-state index contributed by atoms with van der Waals surface area (Å²) in [5.74, 6) is 0.695. The first kappa shape index (κ1) is 10.5. The van der Waals surface area contributed by atoms with E-state index in [-0.39, 0.29) is 0 Å². The van der Waals surface area contributed by atoms with Gasteiger partial charge in [0.1, 0.15) is 6.29 Å². The lowest BCUT2D eigenvalue weighted by Crippen LogP contribution is -1.94. The maximum Gasteiger partial charge on any atom is 0.159 e. The van der Waals surface area contributed by atoms with Gasteiger partial charge in [0.15, 0.2) is 5.82 Å². The number of rotatable bonds is 2. The predicted molar refractivity (Wildman–Crippen MR) is 62.3 cm³/mol. The highest BCUT2D eigenvalue weighted by Crippen LogP contribution is 2.22. The highest BCUT2D eigenvalue weighted by Gasteiger charge is 2.07. The summed E-state index contributed by atoms with van der Waals surface area (Å²) in [7, 11) is 0. The van der Waals surface area contributed by atoms with Gasteiger partial charge in [0.05, 0.1) is 0 Å². The van der Waals surface area contributed by atoms with Gasteiger partial charge in [-0.25, -0.2) is 9.97 Å². The molecule has 1 heterocycles. The van der Waals surface area contributed by atoms with Crippen molar-refractivity contribution < 1.29 is 4.79 Å². The Morgan fingerprint density at radius 3 is 2.38 bits per heavy atom. The van der Waals surface area contributed by atoms with Crippen molar-refractivity contribution in [2.45, 2.75) is 13.8 Å². The minimum Gasteiger partial charge on any atom is -0.298 e. The average molecular weight is 212 g/mol. The van der Waals surface area contributed by atoms with Gasteiger partial charge < -0.3 is 0 Å². The second-order valence-electron chi connectivity index (χ2n) is 3.71. The highest BCUT2D eigenvalue weighted by atomic mass is 16.1. The number of aldehydes is 1. The van der Waals surface area contributed by atoms with Crippen molar-refractivity contribution in [2.75, 3.05) is 0 Å². The molecule has 0 saturated carbocycles. The zero-order valence-electron chi connectivity index (χ0n) is 9.27. The molecule has 2 aromatic rings. The van der Waals surface area contributed by atoms with Gasteiger partial charge in [-0.2, -0.15) is 0 Å². The first-order valence-corrected chi connectivity index (χ1v) is 5.06. The molecule has 80 valence electrons. The summed E-state index contributed by atoms with van der Waals surface area (Å²) in [6.45, 7) is 3.87. The molecule has 0 bridgehead atoms. The molecule has 1 aromatic heterocycles. The third-order valence-corrected chi connectivity index (χ3v) is 2.55. The maximum atomic E-state index is 10.8. The molecular weight excluding hydrogens is 200 g/mol. The third-order valence-electron chi connectivity index (χ3n) is 2.55. The van der Waals surface area contributed by atoms with E-state index in [4.69, 9.17) is 0 Å². The van der Waals surface area contributed by atoms with Crippen LogP contribution in [0.2, 0.25) is 0 Å². The van der Waals surface area contributed by atoms with Crippen LogP contribution in [0.3, 0.4) is 0 Å². The second kappa shape index (κ2) is 4.23. The van der Waals surface area contributed by atoms with Crippen LogP contribution >= 0.6 is 0 Å². The van der Waals surface area contributed by atoms with E-state index in [1.807, 2.05) is 26.0 Å². The third kappa shape index (κ3) is 1.84. The van der Waals surface area contributed by atoms with Crippen LogP contribution in [0, 0.1) is 13.8 Å². The summed E-state index contributed by atoms with van der Waals surface area (Å²) in [5, 5.41) is 0. The van der Waals surface area contributed by atoms with Crippen molar-refractivity contribution in [2.24, 2.45) is 0 Å². The molecule has 0 aliphatic carbocycles. The molecule has 3 nitrogen and oxygen atoms in total. The molecule has 3 heteroatoms. The van der Waals surface area contributed by atoms with Gasteiger partial charge in [-0.15, -0.1) is 0 Å². The number of hydrogen-bond acceptors (Lipinski definition) is 3. The summed E-state index contributed by atoms with van der Waals surface area (Å²) >= 11 is 0. The number of aromatic nitrogens is 2. The summed E-state index contributed by atoms with van der Waals surface area (Å²) in [6, 6.07) is 5.61. The molecule has 0 aliphatic heterocycles. The number of benzene rings is 1. The molecule has 0 aliphatic rings. The van der Waals surface area contributed by atoms with Crippen LogP contribution in [0.5, 0.6) is 0 Å².